The van der Waals surface area contributed by atoms with E-state index in [2.05, 4.69) is 23.3 Å². The highest BCUT2D eigenvalue weighted by atomic mass is 32.1. The third-order valence-corrected chi connectivity index (χ3v) is 5.25. The van der Waals surface area contributed by atoms with Crippen LogP contribution in [0.5, 0.6) is 0 Å². The Balaban J connectivity index is 2.86. The summed E-state index contributed by atoms with van der Waals surface area (Å²) in [6, 6.07) is -3.50. The molecule has 0 bridgehead atoms. The van der Waals surface area contributed by atoms with Crippen LogP contribution >= 0.6 is 12.6 Å². The van der Waals surface area contributed by atoms with Crippen LogP contribution in [0, 0.1) is 11.8 Å². The number of nitrogens with one attached hydrogen (secondary N) is 2. The fourth-order valence-corrected chi connectivity index (χ4v) is 3.26. The zero-order chi connectivity index (χ0) is 21.6. The van der Waals surface area contributed by atoms with Crippen LogP contribution in [0.25, 0.3) is 0 Å². The van der Waals surface area contributed by atoms with E-state index in [0.29, 0.717) is 19.4 Å². The molecular weight excluding hydrogens is 384 g/mol. The Kier molecular flexibility index (Phi) is 9.22. The highest BCUT2D eigenvalue weighted by molar-refractivity contribution is 7.80. The summed E-state index contributed by atoms with van der Waals surface area (Å²) >= 11 is 4.11. The molecule has 160 valence electrons. The number of hydrogen-bond donors (Lipinski definition) is 5. The quantitative estimate of drug-likeness (QED) is 0.324. The van der Waals surface area contributed by atoms with E-state index in [-0.39, 0.29) is 17.6 Å². The van der Waals surface area contributed by atoms with Crippen LogP contribution in [0.1, 0.15) is 40.5 Å². The Bertz CT molecular complexity index is 599. The minimum absolute atomic E-state index is 0.0306. The zero-order valence-electron chi connectivity index (χ0n) is 16.8. The smallest absolute Gasteiger partial charge is 0.326 e. The van der Waals surface area contributed by atoms with Gasteiger partial charge in [-0.2, -0.15) is 12.6 Å². The van der Waals surface area contributed by atoms with Crippen LogP contribution in [-0.4, -0.2) is 70.2 Å². The van der Waals surface area contributed by atoms with Gasteiger partial charge in [0, 0.05) is 12.3 Å². The summed E-state index contributed by atoms with van der Waals surface area (Å²) in [6.07, 6.45) is 0.992. The van der Waals surface area contributed by atoms with Crippen molar-refractivity contribution < 1.29 is 24.3 Å². The third kappa shape index (κ3) is 6.10. The van der Waals surface area contributed by atoms with Crippen molar-refractivity contribution in [3.8, 4) is 0 Å². The van der Waals surface area contributed by atoms with E-state index in [4.69, 9.17) is 5.73 Å². The molecule has 0 aromatic heterocycles. The maximum Gasteiger partial charge on any atom is 0.326 e. The highest BCUT2D eigenvalue weighted by Gasteiger charge is 2.39. The van der Waals surface area contributed by atoms with Crippen molar-refractivity contribution in [3.63, 3.8) is 0 Å². The summed E-state index contributed by atoms with van der Waals surface area (Å²) in [5.74, 6) is -2.85. The first kappa shape index (κ1) is 24.2. The molecule has 0 saturated carbocycles. The number of carbonyl (C=O) groups excluding carboxylic acids is 3. The monoisotopic (exact) mass is 416 g/mol. The van der Waals surface area contributed by atoms with E-state index >= 15 is 0 Å². The van der Waals surface area contributed by atoms with Crippen molar-refractivity contribution in [2.24, 2.45) is 17.6 Å². The second-order valence-electron chi connectivity index (χ2n) is 7.77. The summed E-state index contributed by atoms with van der Waals surface area (Å²) < 4.78 is 0. The summed E-state index contributed by atoms with van der Waals surface area (Å²) in [5.41, 5.74) is 5.80. The van der Waals surface area contributed by atoms with Gasteiger partial charge in [-0.1, -0.05) is 27.7 Å². The van der Waals surface area contributed by atoms with Gasteiger partial charge in [0.05, 0.1) is 6.04 Å². The van der Waals surface area contributed by atoms with E-state index in [9.17, 15) is 24.3 Å². The summed E-state index contributed by atoms with van der Waals surface area (Å²) in [6.45, 7) is 7.45. The number of thiol groups is 1. The molecule has 0 aliphatic carbocycles. The number of nitrogens with zero attached hydrogens (tertiary/aromatic N) is 1. The van der Waals surface area contributed by atoms with Crippen LogP contribution in [0.3, 0.4) is 0 Å². The van der Waals surface area contributed by atoms with Crippen molar-refractivity contribution in [1.29, 1.82) is 0 Å². The third-order valence-electron chi connectivity index (χ3n) is 4.89. The van der Waals surface area contributed by atoms with Gasteiger partial charge in [0.2, 0.25) is 17.7 Å². The SMILES string of the molecule is CC(C)C(N)C(=O)NC(CS)C(=O)NC(C(=O)N1CCCC1C(=O)O)C(C)C. The molecule has 10 heteroatoms. The molecular formula is C18H32N4O5S. The number of likely N-dealkylation sites (tertiary alicyclic amines) is 1. The van der Waals surface area contributed by atoms with Crippen LogP contribution in [0.2, 0.25) is 0 Å². The lowest BCUT2D eigenvalue weighted by Gasteiger charge is -2.30. The lowest BCUT2D eigenvalue weighted by atomic mass is 10.0. The average molecular weight is 417 g/mol. The van der Waals surface area contributed by atoms with E-state index in [1.807, 2.05) is 0 Å². The topological polar surface area (TPSA) is 142 Å². The molecule has 1 heterocycles. The molecule has 3 amide bonds. The minimum Gasteiger partial charge on any atom is -0.480 e. The summed E-state index contributed by atoms with van der Waals surface area (Å²) in [4.78, 5) is 50.4. The minimum atomic E-state index is -1.05. The van der Waals surface area contributed by atoms with Crippen molar-refractivity contribution in [3.05, 3.63) is 0 Å². The number of carbonyl (C=O) groups is 4. The normalized spacial score (nSPS) is 20.0. The number of nitrogens with two attached hydrogens (primary N) is 1. The second kappa shape index (κ2) is 10.7. The van der Waals surface area contributed by atoms with Gasteiger partial charge in [0.25, 0.3) is 0 Å². The number of aliphatic carboxylic acids is 1. The molecule has 28 heavy (non-hydrogen) atoms. The number of rotatable bonds is 9. The average Bonchev–Trinajstić information content (AvgIpc) is 3.12. The van der Waals surface area contributed by atoms with Crippen molar-refractivity contribution in [1.82, 2.24) is 15.5 Å². The van der Waals surface area contributed by atoms with Crippen molar-refractivity contribution >= 4 is 36.3 Å². The zero-order valence-corrected chi connectivity index (χ0v) is 17.7. The van der Waals surface area contributed by atoms with Gasteiger partial charge < -0.3 is 26.4 Å². The predicted octanol–water partition coefficient (Wildman–Crippen LogP) is -0.399. The molecule has 0 spiro atoms. The Labute approximate surface area is 171 Å². The highest BCUT2D eigenvalue weighted by Crippen LogP contribution is 2.20. The lowest BCUT2D eigenvalue weighted by Crippen LogP contribution is -2.59. The molecule has 1 rings (SSSR count). The van der Waals surface area contributed by atoms with Crippen molar-refractivity contribution in [2.45, 2.75) is 64.7 Å². The van der Waals surface area contributed by atoms with Gasteiger partial charge in [-0.15, -0.1) is 0 Å². The fraction of sp³-hybridized carbons (Fsp3) is 0.778. The predicted molar refractivity (Wildman–Crippen MR) is 108 cm³/mol. The molecule has 0 aromatic rings. The number of hydrogen-bond acceptors (Lipinski definition) is 6. The molecule has 1 aliphatic heterocycles. The van der Waals surface area contributed by atoms with Gasteiger partial charge in [0.15, 0.2) is 0 Å². The first-order chi connectivity index (χ1) is 13.0. The van der Waals surface area contributed by atoms with Crippen molar-refractivity contribution in [2.75, 3.05) is 12.3 Å². The Morgan fingerprint density at radius 1 is 1.11 bits per heavy atom. The molecule has 9 nitrogen and oxygen atoms in total. The summed E-state index contributed by atoms with van der Waals surface area (Å²) in [5, 5.41) is 14.5. The van der Waals surface area contributed by atoms with Gasteiger partial charge >= 0.3 is 5.97 Å². The van der Waals surface area contributed by atoms with E-state index in [1.165, 1.54) is 4.90 Å². The van der Waals surface area contributed by atoms with Crippen LogP contribution < -0.4 is 16.4 Å². The standard InChI is InChI=1S/C18H32N4O5S/c1-9(2)13(19)16(24)20-11(8-28)15(23)21-14(10(3)4)17(25)22-7-5-6-12(22)18(26)27/h9-14,28H,5-8,19H2,1-4H3,(H,20,24)(H,21,23)(H,26,27). The lowest BCUT2D eigenvalue weighted by molar-refractivity contribution is -0.150. The first-order valence-electron chi connectivity index (χ1n) is 9.51. The molecule has 0 aromatic carbocycles. The number of amides is 3. The molecule has 1 fully saturated rings. The van der Waals surface area contributed by atoms with E-state index < -0.39 is 47.9 Å². The van der Waals surface area contributed by atoms with Crippen LogP contribution in [-0.2, 0) is 19.2 Å². The maximum absolute atomic E-state index is 12.9. The molecule has 1 saturated heterocycles. The molecule has 0 radical (unpaired) electrons. The van der Waals surface area contributed by atoms with E-state index in [1.54, 1.807) is 27.7 Å². The van der Waals surface area contributed by atoms with Gasteiger partial charge in [-0.05, 0) is 24.7 Å². The molecule has 1 aliphatic rings. The fourth-order valence-electron chi connectivity index (χ4n) is 3.00. The van der Waals surface area contributed by atoms with Gasteiger partial charge in [-0.25, -0.2) is 4.79 Å². The Morgan fingerprint density at radius 3 is 2.18 bits per heavy atom. The van der Waals surface area contributed by atoms with Gasteiger partial charge in [0.1, 0.15) is 18.1 Å². The van der Waals surface area contributed by atoms with Crippen LogP contribution in [0.4, 0.5) is 0 Å². The van der Waals surface area contributed by atoms with E-state index in [0.717, 1.165) is 0 Å². The molecule has 4 atom stereocenters. The number of carboxylic acids is 1. The maximum atomic E-state index is 12.9. The molecule has 4 unspecified atom stereocenters. The van der Waals surface area contributed by atoms with Gasteiger partial charge in [-0.3, -0.25) is 14.4 Å². The largest absolute Gasteiger partial charge is 0.480 e. The second-order valence-corrected chi connectivity index (χ2v) is 8.14. The summed E-state index contributed by atoms with van der Waals surface area (Å²) in [7, 11) is 0. The van der Waals surface area contributed by atoms with Crippen LogP contribution in [0.15, 0.2) is 0 Å². The first-order valence-corrected chi connectivity index (χ1v) is 10.1. The Morgan fingerprint density at radius 2 is 1.71 bits per heavy atom. The molecule has 5 N–H and O–H groups in total. The number of carboxylic acid groups (broad SMARTS) is 1. The Hall–Kier alpha value is -1.81.